The number of ether oxygens (including phenoxy) is 1. The average Bonchev–Trinajstić information content (AvgIpc) is 2.68. The van der Waals surface area contributed by atoms with Crippen LogP contribution in [0.4, 0.5) is 0 Å². The van der Waals surface area contributed by atoms with Crippen molar-refractivity contribution in [2.24, 2.45) is 29.6 Å². The lowest BCUT2D eigenvalue weighted by Gasteiger charge is -2.54. The highest BCUT2D eigenvalue weighted by atomic mass is 16.5. The molecule has 29 heavy (non-hydrogen) atoms. The highest BCUT2D eigenvalue weighted by Gasteiger charge is 2.49. The van der Waals surface area contributed by atoms with Crippen LogP contribution in [0.2, 0.25) is 0 Å². The van der Waals surface area contributed by atoms with Gasteiger partial charge in [-0.1, -0.05) is 13.8 Å². The molecule has 158 valence electrons. The summed E-state index contributed by atoms with van der Waals surface area (Å²) in [5.41, 5.74) is 0.543. The van der Waals surface area contributed by atoms with Gasteiger partial charge in [-0.15, -0.1) is 0 Å². The lowest BCUT2D eigenvalue weighted by Crippen LogP contribution is -2.59. The minimum atomic E-state index is -0.522. The molecule has 0 radical (unpaired) electrons. The molecule has 0 saturated heterocycles. The van der Waals surface area contributed by atoms with Crippen LogP contribution in [0.5, 0.6) is 5.75 Å². The molecular weight excluding hydrogens is 364 g/mol. The third kappa shape index (κ3) is 4.29. The second kappa shape index (κ2) is 8.37. The van der Waals surface area contributed by atoms with E-state index in [2.05, 4.69) is 10.6 Å². The Morgan fingerprint density at radius 1 is 1.00 bits per heavy atom. The Morgan fingerprint density at radius 3 is 2.10 bits per heavy atom. The molecular formula is C24H34N2O3. The molecule has 5 nitrogen and oxygen atoms in total. The molecule has 0 spiro atoms. The highest BCUT2D eigenvalue weighted by molar-refractivity contribution is 5.97. The van der Waals surface area contributed by atoms with Crippen molar-refractivity contribution < 1.29 is 14.3 Å². The number of carbonyl (C=O) groups excluding carboxylic acids is 2. The molecule has 2 amide bonds. The Kier molecular flexibility index (Phi) is 5.84. The number of hydrogen-bond acceptors (Lipinski definition) is 3. The van der Waals surface area contributed by atoms with Gasteiger partial charge in [0.2, 0.25) is 5.91 Å². The molecule has 0 unspecified atom stereocenters. The molecule has 4 saturated carbocycles. The second-order valence-corrected chi connectivity index (χ2v) is 9.62. The Hall–Kier alpha value is -2.04. The highest BCUT2D eigenvalue weighted by Crippen LogP contribution is 2.53. The van der Waals surface area contributed by atoms with Crippen LogP contribution < -0.4 is 15.4 Å². The van der Waals surface area contributed by atoms with E-state index >= 15 is 0 Å². The quantitative estimate of drug-likeness (QED) is 0.734. The van der Waals surface area contributed by atoms with Gasteiger partial charge in [0.25, 0.3) is 5.91 Å². The maximum Gasteiger partial charge on any atom is 0.251 e. The topological polar surface area (TPSA) is 67.4 Å². The smallest absolute Gasteiger partial charge is 0.251 e. The van der Waals surface area contributed by atoms with Crippen molar-refractivity contribution in [3.05, 3.63) is 29.8 Å². The van der Waals surface area contributed by atoms with Crippen LogP contribution in [-0.4, -0.2) is 30.5 Å². The van der Waals surface area contributed by atoms with E-state index in [1.807, 2.05) is 20.8 Å². The first-order valence-electron chi connectivity index (χ1n) is 11.3. The fourth-order valence-electron chi connectivity index (χ4n) is 6.04. The van der Waals surface area contributed by atoms with Crippen LogP contribution >= 0.6 is 0 Å². The van der Waals surface area contributed by atoms with Crippen molar-refractivity contribution >= 4 is 11.8 Å². The molecule has 1 atom stereocenters. The average molecular weight is 399 g/mol. The molecule has 4 aliphatic carbocycles. The van der Waals surface area contributed by atoms with Crippen molar-refractivity contribution in [3.8, 4) is 5.75 Å². The van der Waals surface area contributed by atoms with Gasteiger partial charge in [-0.25, -0.2) is 0 Å². The molecule has 0 aliphatic heterocycles. The van der Waals surface area contributed by atoms with Gasteiger partial charge in [-0.2, -0.15) is 0 Å². The van der Waals surface area contributed by atoms with Crippen molar-refractivity contribution in [2.45, 2.75) is 65.0 Å². The van der Waals surface area contributed by atoms with Gasteiger partial charge < -0.3 is 15.4 Å². The van der Waals surface area contributed by atoms with Crippen LogP contribution in [0.1, 0.15) is 63.2 Å². The van der Waals surface area contributed by atoms with Gasteiger partial charge in [-0.05, 0) is 92.9 Å². The Labute approximate surface area is 174 Å². The fourth-order valence-corrected chi connectivity index (χ4v) is 6.04. The van der Waals surface area contributed by atoms with Crippen molar-refractivity contribution in [1.29, 1.82) is 0 Å². The van der Waals surface area contributed by atoms with Crippen molar-refractivity contribution in [2.75, 3.05) is 6.61 Å². The van der Waals surface area contributed by atoms with Gasteiger partial charge in [0.05, 0.1) is 6.61 Å². The Bertz CT molecular complexity index is 715. The summed E-state index contributed by atoms with van der Waals surface area (Å²) in [4.78, 5) is 25.9. The monoisotopic (exact) mass is 398 g/mol. The molecule has 4 bridgehead atoms. The molecule has 0 aromatic heterocycles. The summed E-state index contributed by atoms with van der Waals surface area (Å²) in [6.07, 6.45) is 6.47. The van der Waals surface area contributed by atoms with Gasteiger partial charge in [0.15, 0.2) is 0 Å². The minimum absolute atomic E-state index is 0.0264. The molecule has 5 heteroatoms. The molecule has 0 heterocycles. The van der Waals surface area contributed by atoms with E-state index in [0.29, 0.717) is 30.0 Å². The normalized spacial score (nSPS) is 30.8. The molecule has 5 rings (SSSR count). The standard InChI is InChI=1S/C24H34N2O3/c1-4-29-20-7-5-17(6-8-20)23(27)25-21(14(2)3)24(28)26-22-18-10-15-9-16(12-18)13-19(22)11-15/h5-8,14-16,18-19,21-22H,4,9-13H2,1-3H3,(H,25,27)(H,26,28)/t15?,16?,18?,19?,21-,22?/m0/s1. The first-order chi connectivity index (χ1) is 13.9. The van der Waals surface area contributed by atoms with Crippen LogP contribution in [0.15, 0.2) is 24.3 Å². The van der Waals surface area contributed by atoms with Crippen LogP contribution in [0.3, 0.4) is 0 Å². The zero-order valence-electron chi connectivity index (χ0n) is 17.8. The Balaban J connectivity index is 1.39. The third-order valence-electron chi connectivity index (χ3n) is 7.20. The predicted molar refractivity (Wildman–Crippen MR) is 113 cm³/mol. The van der Waals surface area contributed by atoms with E-state index in [1.54, 1.807) is 24.3 Å². The van der Waals surface area contributed by atoms with Crippen LogP contribution in [-0.2, 0) is 4.79 Å². The number of nitrogens with one attached hydrogen (secondary N) is 2. The first-order valence-corrected chi connectivity index (χ1v) is 11.3. The van der Waals surface area contributed by atoms with Crippen LogP contribution in [0.25, 0.3) is 0 Å². The number of amides is 2. The first kappa shape index (κ1) is 20.2. The zero-order chi connectivity index (χ0) is 20.5. The molecule has 1 aromatic rings. The van der Waals surface area contributed by atoms with Crippen LogP contribution in [0, 0.1) is 29.6 Å². The number of benzene rings is 1. The second-order valence-electron chi connectivity index (χ2n) is 9.62. The van der Waals surface area contributed by atoms with E-state index in [9.17, 15) is 9.59 Å². The van der Waals surface area contributed by atoms with E-state index in [0.717, 1.165) is 17.6 Å². The molecule has 1 aromatic carbocycles. The summed E-state index contributed by atoms with van der Waals surface area (Å²) in [5.74, 6) is 3.54. The van der Waals surface area contributed by atoms with E-state index < -0.39 is 6.04 Å². The summed E-state index contributed by atoms with van der Waals surface area (Å²) in [6, 6.07) is 6.83. The van der Waals surface area contributed by atoms with Gasteiger partial charge in [0.1, 0.15) is 11.8 Å². The third-order valence-corrected chi connectivity index (χ3v) is 7.20. The summed E-state index contributed by atoms with van der Waals surface area (Å²) < 4.78 is 5.43. The number of carbonyl (C=O) groups is 2. The van der Waals surface area contributed by atoms with Crippen molar-refractivity contribution in [1.82, 2.24) is 10.6 Å². The van der Waals surface area contributed by atoms with Crippen molar-refractivity contribution in [3.63, 3.8) is 0 Å². The van der Waals surface area contributed by atoms with E-state index in [1.165, 1.54) is 32.1 Å². The van der Waals surface area contributed by atoms with Gasteiger partial charge in [0, 0.05) is 11.6 Å². The summed E-state index contributed by atoms with van der Waals surface area (Å²) in [7, 11) is 0. The predicted octanol–water partition coefficient (Wildman–Crippen LogP) is 3.78. The van der Waals surface area contributed by atoms with E-state index in [-0.39, 0.29) is 17.7 Å². The maximum absolute atomic E-state index is 13.1. The minimum Gasteiger partial charge on any atom is -0.494 e. The SMILES string of the molecule is CCOc1ccc(C(=O)N[C@H](C(=O)NC2C3CC4CC(C3)CC2C4)C(C)C)cc1. The molecule has 2 N–H and O–H groups in total. The molecule has 4 aliphatic rings. The number of hydrogen-bond donors (Lipinski definition) is 2. The van der Waals surface area contributed by atoms with Gasteiger partial charge in [-0.3, -0.25) is 9.59 Å². The fraction of sp³-hybridized carbons (Fsp3) is 0.667. The maximum atomic E-state index is 13.1. The lowest BCUT2D eigenvalue weighted by atomic mass is 9.54. The Morgan fingerprint density at radius 2 is 1.59 bits per heavy atom. The molecule has 4 fully saturated rings. The lowest BCUT2D eigenvalue weighted by molar-refractivity contribution is -0.127. The van der Waals surface area contributed by atoms with Gasteiger partial charge >= 0.3 is 0 Å². The summed E-state index contributed by atoms with van der Waals surface area (Å²) in [5, 5.41) is 6.32. The summed E-state index contributed by atoms with van der Waals surface area (Å²) in [6.45, 7) is 6.49. The largest absolute Gasteiger partial charge is 0.494 e. The van der Waals surface area contributed by atoms with E-state index in [4.69, 9.17) is 4.74 Å². The summed E-state index contributed by atoms with van der Waals surface area (Å²) >= 11 is 0. The zero-order valence-corrected chi connectivity index (χ0v) is 17.8. The number of rotatable bonds is 7.